The first-order valence-electron chi connectivity index (χ1n) is 11.0. The van der Waals surface area contributed by atoms with E-state index in [1.807, 2.05) is 0 Å². The molecule has 0 aliphatic carbocycles. The summed E-state index contributed by atoms with van der Waals surface area (Å²) in [4.78, 5) is 10.4. The molecule has 0 amide bonds. The maximum atomic E-state index is 10.4. The fourth-order valence-corrected chi connectivity index (χ4v) is 3.35. The first-order chi connectivity index (χ1) is 11.8. The Bertz CT molecular complexity index is 256. The summed E-state index contributed by atoms with van der Waals surface area (Å²) in [6.07, 6.45) is 26.1. The van der Waals surface area contributed by atoms with Crippen molar-refractivity contribution in [3.05, 3.63) is 0 Å². The summed E-state index contributed by atoms with van der Waals surface area (Å²) in [7, 11) is 0. The normalized spacial score (nSPS) is 10.6. The Balaban J connectivity index is 0. The van der Waals surface area contributed by atoms with Gasteiger partial charge >= 0.3 is 5.97 Å². The SMILES string of the molecule is CCCCCCCCCCCCCCCCCCCCCC(=O)O.[Ni]. The number of hydrogen-bond donors (Lipinski definition) is 1. The summed E-state index contributed by atoms with van der Waals surface area (Å²) in [5, 5.41) is 8.56. The molecule has 3 heteroatoms. The molecule has 0 aliphatic heterocycles. The van der Waals surface area contributed by atoms with Crippen molar-refractivity contribution in [1.82, 2.24) is 0 Å². The van der Waals surface area contributed by atoms with Gasteiger partial charge in [-0.3, -0.25) is 4.79 Å². The van der Waals surface area contributed by atoms with Gasteiger partial charge in [-0.15, -0.1) is 0 Å². The first-order valence-corrected chi connectivity index (χ1v) is 11.0. The topological polar surface area (TPSA) is 37.3 Å². The number of carbonyl (C=O) groups is 1. The summed E-state index contributed by atoms with van der Waals surface area (Å²) in [5.41, 5.74) is 0. The molecular weight excluding hydrogens is 355 g/mol. The number of rotatable bonds is 20. The van der Waals surface area contributed by atoms with Crippen LogP contribution in [0.4, 0.5) is 0 Å². The number of aliphatic carboxylic acids is 1. The maximum Gasteiger partial charge on any atom is 0.303 e. The number of carboxylic acid groups (broad SMARTS) is 1. The van der Waals surface area contributed by atoms with Crippen LogP contribution >= 0.6 is 0 Å². The minimum absolute atomic E-state index is 0. The molecule has 0 spiro atoms. The van der Waals surface area contributed by atoms with E-state index < -0.39 is 5.97 Å². The van der Waals surface area contributed by atoms with Gasteiger partial charge in [-0.2, -0.15) is 0 Å². The Morgan fingerprint density at radius 2 is 0.760 bits per heavy atom. The molecule has 154 valence electrons. The van der Waals surface area contributed by atoms with Crippen LogP contribution in [0.1, 0.15) is 135 Å². The van der Waals surface area contributed by atoms with Gasteiger partial charge in [0.05, 0.1) is 0 Å². The molecule has 0 aliphatic rings. The van der Waals surface area contributed by atoms with Gasteiger partial charge in [0.25, 0.3) is 0 Å². The molecule has 0 saturated heterocycles. The molecule has 0 aromatic heterocycles. The van der Waals surface area contributed by atoms with Gasteiger partial charge < -0.3 is 5.11 Å². The zero-order chi connectivity index (χ0) is 17.7. The zero-order valence-corrected chi connectivity index (χ0v) is 17.8. The Morgan fingerprint density at radius 3 is 1.00 bits per heavy atom. The minimum atomic E-state index is -0.651. The van der Waals surface area contributed by atoms with Crippen LogP contribution in [0.15, 0.2) is 0 Å². The monoisotopic (exact) mass is 398 g/mol. The summed E-state index contributed by atoms with van der Waals surface area (Å²) in [6.45, 7) is 2.28. The molecule has 0 atom stereocenters. The maximum absolute atomic E-state index is 10.4. The van der Waals surface area contributed by atoms with Gasteiger partial charge in [0.15, 0.2) is 0 Å². The molecule has 0 fully saturated rings. The predicted octanol–water partition coefficient (Wildman–Crippen LogP) is 7.89. The molecule has 0 aromatic carbocycles. The van der Waals surface area contributed by atoms with Crippen molar-refractivity contribution >= 4 is 5.97 Å². The smallest absolute Gasteiger partial charge is 0.303 e. The van der Waals surface area contributed by atoms with E-state index in [4.69, 9.17) is 5.11 Å². The van der Waals surface area contributed by atoms with Crippen molar-refractivity contribution in [3.63, 3.8) is 0 Å². The van der Waals surface area contributed by atoms with Gasteiger partial charge in [0, 0.05) is 22.9 Å². The Labute approximate surface area is 167 Å². The molecule has 0 heterocycles. The van der Waals surface area contributed by atoms with E-state index in [1.54, 1.807) is 0 Å². The second kappa shape index (κ2) is 24.0. The van der Waals surface area contributed by atoms with Crippen LogP contribution in [0.3, 0.4) is 0 Å². The van der Waals surface area contributed by atoms with E-state index in [9.17, 15) is 4.79 Å². The van der Waals surface area contributed by atoms with E-state index in [-0.39, 0.29) is 16.5 Å². The summed E-state index contributed by atoms with van der Waals surface area (Å²) in [6, 6.07) is 0. The van der Waals surface area contributed by atoms with Crippen molar-refractivity contribution in [3.8, 4) is 0 Å². The molecular formula is C22H44NiO2. The average Bonchev–Trinajstić information content (AvgIpc) is 2.56. The number of carboxylic acids is 1. The van der Waals surface area contributed by atoms with Crippen molar-refractivity contribution in [1.29, 1.82) is 0 Å². The second-order valence-electron chi connectivity index (χ2n) is 7.51. The van der Waals surface area contributed by atoms with Crippen LogP contribution in [-0.2, 0) is 21.3 Å². The van der Waals surface area contributed by atoms with Crippen LogP contribution in [0.25, 0.3) is 0 Å². The molecule has 0 unspecified atom stereocenters. The van der Waals surface area contributed by atoms with Crippen LogP contribution in [0.5, 0.6) is 0 Å². The fourth-order valence-electron chi connectivity index (χ4n) is 3.35. The second-order valence-corrected chi connectivity index (χ2v) is 7.51. The average molecular weight is 399 g/mol. The number of hydrogen-bond acceptors (Lipinski definition) is 1. The molecule has 2 nitrogen and oxygen atoms in total. The predicted molar refractivity (Wildman–Crippen MR) is 106 cm³/mol. The van der Waals surface area contributed by atoms with E-state index in [1.165, 1.54) is 109 Å². The fraction of sp³-hybridized carbons (Fsp3) is 0.955. The van der Waals surface area contributed by atoms with E-state index in [2.05, 4.69) is 6.92 Å². The van der Waals surface area contributed by atoms with E-state index in [0.717, 1.165) is 12.8 Å². The van der Waals surface area contributed by atoms with Crippen molar-refractivity contribution in [2.24, 2.45) is 0 Å². The molecule has 0 saturated carbocycles. The quantitative estimate of drug-likeness (QED) is 0.167. The standard InChI is InChI=1S/C22H44O2.Ni/c1-2-3-4-5-6-7-8-9-10-11-12-13-14-15-16-17-18-19-20-21-22(23)24;/h2-21H2,1H3,(H,23,24);. The Morgan fingerprint density at radius 1 is 0.520 bits per heavy atom. The van der Waals surface area contributed by atoms with Crippen LogP contribution in [0, 0.1) is 0 Å². The molecule has 0 rings (SSSR count). The van der Waals surface area contributed by atoms with Gasteiger partial charge in [-0.25, -0.2) is 0 Å². The van der Waals surface area contributed by atoms with Crippen molar-refractivity contribution in [2.45, 2.75) is 135 Å². The van der Waals surface area contributed by atoms with Crippen LogP contribution in [0.2, 0.25) is 0 Å². The molecule has 1 N–H and O–H groups in total. The Hall–Kier alpha value is -0.0365. The summed E-state index contributed by atoms with van der Waals surface area (Å²) >= 11 is 0. The molecule has 0 aromatic rings. The molecule has 0 bridgehead atoms. The molecule has 0 radical (unpaired) electrons. The van der Waals surface area contributed by atoms with E-state index >= 15 is 0 Å². The third kappa shape index (κ3) is 26.3. The van der Waals surface area contributed by atoms with E-state index in [0.29, 0.717) is 6.42 Å². The van der Waals surface area contributed by atoms with Gasteiger partial charge in [-0.1, -0.05) is 122 Å². The van der Waals surface area contributed by atoms with Gasteiger partial charge in [0.2, 0.25) is 0 Å². The number of unbranched alkanes of at least 4 members (excludes halogenated alkanes) is 18. The first kappa shape index (κ1) is 27.2. The summed E-state index contributed by atoms with van der Waals surface area (Å²) in [5.74, 6) is -0.651. The van der Waals surface area contributed by atoms with Crippen LogP contribution < -0.4 is 0 Å². The van der Waals surface area contributed by atoms with Gasteiger partial charge in [0.1, 0.15) is 0 Å². The van der Waals surface area contributed by atoms with Crippen LogP contribution in [-0.4, -0.2) is 11.1 Å². The minimum Gasteiger partial charge on any atom is -0.481 e. The zero-order valence-electron chi connectivity index (χ0n) is 16.8. The van der Waals surface area contributed by atoms with Crippen molar-refractivity contribution in [2.75, 3.05) is 0 Å². The third-order valence-corrected chi connectivity index (χ3v) is 4.99. The van der Waals surface area contributed by atoms with Gasteiger partial charge in [-0.05, 0) is 6.42 Å². The third-order valence-electron chi connectivity index (χ3n) is 4.99. The summed E-state index contributed by atoms with van der Waals surface area (Å²) < 4.78 is 0. The molecule has 25 heavy (non-hydrogen) atoms. The Kier molecular flexibility index (Phi) is 26.1. The largest absolute Gasteiger partial charge is 0.481 e. The van der Waals surface area contributed by atoms with Crippen molar-refractivity contribution < 1.29 is 26.4 Å².